The number of amides is 1. The number of nitro benzene ring substituents is 1. The van der Waals surface area contributed by atoms with Crippen molar-refractivity contribution in [1.29, 1.82) is 0 Å². The van der Waals surface area contributed by atoms with Gasteiger partial charge in [0.2, 0.25) is 0 Å². The summed E-state index contributed by atoms with van der Waals surface area (Å²) in [6, 6.07) is 5.98. The molecule has 0 aliphatic heterocycles. The van der Waals surface area contributed by atoms with Crippen LogP contribution in [0, 0.1) is 10.1 Å². The molecule has 0 fully saturated rings. The van der Waals surface area contributed by atoms with E-state index in [1.165, 1.54) is 6.07 Å². The van der Waals surface area contributed by atoms with Crippen LogP contribution in [-0.4, -0.2) is 29.2 Å². The normalized spacial score (nSPS) is 12.6. The van der Waals surface area contributed by atoms with Crippen molar-refractivity contribution >= 4 is 11.8 Å². The van der Waals surface area contributed by atoms with Crippen molar-refractivity contribution in [2.75, 3.05) is 6.54 Å². The van der Waals surface area contributed by atoms with Crippen molar-refractivity contribution in [3.63, 3.8) is 0 Å². The second kappa shape index (κ2) is 7.03. The van der Waals surface area contributed by atoms with Crippen LogP contribution in [0.25, 0.3) is 0 Å². The lowest BCUT2D eigenvalue weighted by atomic mass is 10.0. The number of carbonyl (C=O) groups excluding carboxylic acids is 1. The summed E-state index contributed by atoms with van der Waals surface area (Å²) in [6.07, 6.45) is -0.257. The van der Waals surface area contributed by atoms with Crippen molar-refractivity contribution in [3.8, 4) is 0 Å². The summed E-state index contributed by atoms with van der Waals surface area (Å²) in [7, 11) is 0. The molecule has 3 N–H and O–H groups in total. The van der Waals surface area contributed by atoms with Crippen LogP contribution < -0.4 is 11.1 Å². The van der Waals surface area contributed by atoms with E-state index in [0.717, 1.165) is 0 Å². The van der Waals surface area contributed by atoms with E-state index in [2.05, 4.69) is 5.32 Å². The van der Waals surface area contributed by atoms with E-state index in [1.807, 2.05) is 0 Å². The highest BCUT2D eigenvalue weighted by Crippen LogP contribution is 2.18. The average molecular weight is 295 g/mol. The number of para-hydroxylation sites is 1. The maximum atomic E-state index is 11.5. The largest absolute Gasteiger partial charge is 0.444 e. The Hall–Kier alpha value is -2.15. The predicted octanol–water partition coefficient (Wildman–Crippen LogP) is 1.99. The van der Waals surface area contributed by atoms with Crippen molar-refractivity contribution < 1.29 is 14.5 Å². The van der Waals surface area contributed by atoms with Gasteiger partial charge in [-0.25, -0.2) is 4.79 Å². The summed E-state index contributed by atoms with van der Waals surface area (Å²) in [5.41, 5.74) is 5.89. The van der Waals surface area contributed by atoms with Crippen LogP contribution in [0.3, 0.4) is 0 Å². The number of hydrogen-bond acceptors (Lipinski definition) is 5. The monoisotopic (exact) mass is 295 g/mol. The standard InChI is InChI=1S/C14H21N3O4/c1-14(2,3)21-13(18)16-9-11(15)8-10-6-4-5-7-12(10)17(19)20/h4-7,11H,8-9,15H2,1-3H3,(H,16,18). The highest BCUT2D eigenvalue weighted by Gasteiger charge is 2.18. The van der Waals surface area contributed by atoms with E-state index in [9.17, 15) is 14.9 Å². The molecule has 0 spiro atoms. The van der Waals surface area contributed by atoms with Crippen LogP contribution in [0.2, 0.25) is 0 Å². The van der Waals surface area contributed by atoms with E-state index in [0.29, 0.717) is 12.0 Å². The van der Waals surface area contributed by atoms with Crippen LogP contribution in [0.4, 0.5) is 10.5 Å². The van der Waals surface area contributed by atoms with E-state index in [4.69, 9.17) is 10.5 Å². The number of rotatable bonds is 5. The van der Waals surface area contributed by atoms with Gasteiger partial charge < -0.3 is 15.8 Å². The van der Waals surface area contributed by atoms with E-state index in [1.54, 1.807) is 39.0 Å². The molecule has 1 atom stereocenters. The van der Waals surface area contributed by atoms with Gasteiger partial charge in [-0.1, -0.05) is 18.2 Å². The zero-order valence-electron chi connectivity index (χ0n) is 12.5. The molecule has 7 heteroatoms. The number of nitrogens with two attached hydrogens (primary N) is 1. The zero-order valence-corrected chi connectivity index (χ0v) is 12.5. The molecule has 0 aromatic heterocycles. The van der Waals surface area contributed by atoms with Gasteiger partial charge in [0.05, 0.1) is 4.92 Å². The van der Waals surface area contributed by atoms with E-state index >= 15 is 0 Å². The number of nitro groups is 1. The van der Waals surface area contributed by atoms with Gasteiger partial charge in [-0.3, -0.25) is 10.1 Å². The van der Waals surface area contributed by atoms with Crippen LogP contribution in [0.5, 0.6) is 0 Å². The Morgan fingerprint density at radius 3 is 2.62 bits per heavy atom. The second-order valence-corrected chi connectivity index (χ2v) is 5.73. The molecule has 21 heavy (non-hydrogen) atoms. The second-order valence-electron chi connectivity index (χ2n) is 5.73. The third-order valence-corrected chi connectivity index (χ3v) is 2.58. The summed E-state index contributed by atoms with van der Waals surface area (Å²) in [5.74, 6) is 0. The smallest absolute Gasteiger partial charge is 0.407 e. The number of benzene rings is 1. The number of hydrogen-bond donors (Lipinski definition) is 2. The zero-order chi connectivity index (χ0) is 16.0. The Bertz CT molecular complexity index is 511. The molecule has 7 nitrogen and oxygen atoms in total. The molecule has 0 bridgehead atoms. The first-order valence-corrected chi connectivity index (χ1v) is 6.64. The maximum Gasteiger partial charge on any atom is 0.407 e. The molecule has 0 aliphatic rings. The molecule has 0 radical (unpaired) electrons. The first kappa shape index (κ1) is 16.9. The number of nitrogens with zero attached hydrogens (tertiary/aromatic N) is 1. The molecular formula is C14H21N3O4. The molecule has 0 heterocycles. The fourth-order valence-electron chi connectivity index (χ4n) is 1.74. The van der Waals surface area contributed by atoms with Crippen molar-refractivity contribution in [2.45, 2.75) is 38.8 Å². The van der Waals surface area contributed by atoms with Crippen molar-refractivity contribution in [2.24, 2.45) is 5.73 Å². The Balaban J connectivity index is 2.53. The van der Waals surface area contributed by atoms with Crippen molar-refractivity contribution in [1.82, 2.24) is 5.32 Å². The maximum absolute atomic E-state index is 11.5. The molecule has 1 unspecified atom stereocenters. The third-order valence-electron chi connectivity index (χ3n) is 2.58. The van der Waals surface area contributed by atoms with Gasteiger partial charge in [-0.05, 0) is 27.2 Å². The van der Waals surface area contributed by atoms with Gasteiger partial charge >= 0.3 is 6.09 Å². The minimum absolute atomic E-state index is 0.0326. The first-order chi connectivity index (χ1) is 9.69. The molecular weight excluding hydrogens is 274 g/mol. The minimum atomic E-state index is -0.577. The Morgan fingerprint density at radius 2 is 2.05 bits per heavy atom. The topological polar surface area (TPSA) is 107 Å². The lowest BCUT2D eigenvalue weighted by molar-refractivity contribution is -0.385. The Kier molecular flexibility index (Phi) is 5.66. The quantitative estimate of drug-likeness (QED) is 0.638. The molecule has 116 valence electrons. The lowest BCUT2D eigenvalue weighted by Gasteiger charge is -2.20. The first-order valence-electron chi connectivity index (χ1n) is 6.64. The van der Waals surface area contributed by atoms with Gasteiger partial charge in [0.25, 0.3) is 5.69 Å². The van der Waals surface area contributed by atoms with E-state index < -0.39 is 22.7 Å². The highest BCUT2D eigenvalue weighted by atomic mass is 16.6. The predicted molar refractivity (Wildman–Crippen MR) is 79.0 cm³/mol. The summed E-state index contributed by atoms with van der Waals surface area (Å²) in [6.45, 7) is 5.47. The van der Waals surface area contributed by atoms with Crippen LogP contribution in [0.15, 0.2) is 24.3 Å². The SMILES string of the molecule is CC(C)(C)OC(=O)NCC(N)Cc1ccccc1[N+](=O)[O-]. The van der Waals surface area contributed by atoms with Gasteiger partial charge in [-0.15, -0.1) is 0 Å². The number of nitrogens with one attached hydrogen (secondary N) is 1. The van der Waals surface area contributed by atoms with Crippen molar-refractivity contribution in [3.05, 3.63) is 39.9 Å². The molecule has 1 rings (SSSR count). The Morgan fingerprint density at radius 1 is 1.43 bits per heavy atom. The van der Waals surface area contributed by atoms with Gasteiger partial charge in [0.1, 0.15) is 5.60 Å². The molecule has 0 saturated heterocycles. The van der Waals surface area contributed by atoms with Gasteiger partial charge in [0, 0.05) is 24.2 Å². The van der Waals surface area contributed by atoms with Crippen LogP contribution >= 0.6 is 0 Å². The van der Waals surface area contributed by atoms with Crippen LogP contribution in [0.1, 0.15) is 26.3 Å². The number of carbonyl (C=O) groups is 1. The Labute approximate surface area is 123 Å². The number of alkyl carbamates (subject to hydrolysis) is 1. The number of ether oxygens (including phenoxy) is 1. The molecule has 0 saturated carbocycles. The lowest BCUT2D eigenvalue weighted by Crippen LogP contribution is -2.41. The molecule has 1 aromatic carbocycles. The van der Waals surface area contributed by atoms with Gasteiger partial charge in [-0.2, -0.15) is 0 Å². The highest BCUT2D eigenvalue weighted by molar-refractivity contribution is 5.67. The summed E-state index contributed by atoms with van der Waals surface area (Å²) < 4.78 is 5.09. The molecule has 0 aliphatic carbocycles. The molecule has 1 amide bonds. The average Bonchev–Trinajstić information content (AvgIpc) is 2.35. The fraction of sp³-hybridized carbons (Fsp3) is 0.500. The fourth-order valence-corrected chi connectivity index (χ4v) is 1.74. The summed E-state index contributed by atoms with van der Waals surface area (Å²) in [4.78, 5) is 22.0. The van der Waals surface area contributed by atoms with Crippen LogP contribution in [-0.2, 0) is 11.2 Å². The summed E-state index contributed by atoms with van der Waals surface area (Å²) >= 11 is 0. The summed E-state index contributed by atoms with van der Waals surface area (Å²) in [5, 5.41) is 13.5. The molecule has 1 aromatic rings. The third kappa shape index (κ3) is 6.22. The van der Waals surface area contributed by atoms with Gasteiger partial charge in [0.15, 0.2) is 0 Å². The van der Waals surface area contributed by atoms with E-state index in [-0.39, 0.29) is 12.2 Å². The minimum Gasteiger partial charge on any atom is -0.444 e.